The fraction of sp³-hybridized carbons (Fsp3) is 0.909. The van der Waals surface area contributed by atoms with Crippen molar-refractivity contribution >= 4 is 5.97 Å². The lowest BCUT2D eigenvalue weighted by molar-refractivity contribution is -0.156. The van der Waals surface area contributed by atoms with E-state index in [1.807, 2.05) is 20.8 Å². The summed E-state index contributed by atoms with van der Waals surface area (Å²) in [5, 5.41) is 3.30. The van der Waals surface area contributed by atoms with Crippen LogP contribution in [-0.4, -0.2) is 24.2 Å². The molecular formula is C11H23NO2. The van der Waals surface area contributed by atoms with E-state index < -0.39 is 0 Å². The summed E-state index contributed by atoms with van der Waals surface area (Å²) in [6.07, 6.45) is 1.29. The molecule has 0 heterocycles. The minimum absolute atomic E-state index is 0.125. The standard InChI is InChI=1S/C11H23NO2/c1-6-10(13)14-11(4,5)7-8-12-9(2)3/h9,12H,6-8H2,1-5H3. The molecule has 0 saturated carbocycles. The normalized spacial score (nSPS) is 11.9. The minimum Gasteiger partial charge on any atom is -0.460 e. The molecule has 0 aliphatic rings. The van der Waals surface area contributed by atoms with Crippen molar-refractivity contribution in [2.75, 3.05) is 6.54 Å². The Bertz CT molecular complexity index is 176. The molecule has 0 atom stereocenters. The maximum absolute atomic E-state index is 11.1. The Morgan fingerprint density at radius 1 is 1.43 bits per heavy atom. The number of ether oxygens (including phenoxy) is 1. The van der Waals surface area contributed by atoms with Crippen molar-refractivity contribution < 1.29 is 9.53 Å². The number of esters is 1. The van der Waals surface area contributed by atoms with Crippen LogP contribution >= 0.6 is 0 Å². The number of hydrogen-bond acceptors (Lipinski definition) is 3. The van der Waals surface area contributed by atoms with Gasteiger partial charge in [-0.15, -0.1) is 0 Å². The second-order valence-electron chi connectivity index (χ2n) is 4.45. The van der Waals surface area contributed by atoms with E-state index in [9.17, 15) is 4.79 Å². The molecule has 0 aromatic heterocycles. The van der Waals surface area contributed by atoms with E-state index >= 15 is 0 Å². The zero-order valence-corrected chi connectivity index (χ0v) is 10.0. The zero-order chi connectivity index (χ0) is 11.2. The Kier molecular flexibility index (Phi) is 5.77. The van der Waals surface area contributed by atoms with Gasteiger partial charge in [0.1, 0.15) is 5.60 Å². The van der Waals surface area contributed by atoms with Crippen LogP contribution in [0.4, 0.5) is 0 Å². The van der Waals surface area contributed by atoms with E-state index in [4.69, 9.17) is 4.74 Å². The molecule has 0 aliphatic heterocycles. The van der Waals surface area contributed by atoms with Gasteiger partial charge < -0.3 is 10.1 Å². The van der Waals surface area contributed by atoms with Gasteiger partial charge in [0.2, 0.25) is 0 Å². The Morgan fingerprint density at radius 3 is 2.43 bits per heavy atom. The lowest BCUT2D eigenvalue weighted by atomic mass is 10.1. The first-order valence-corrected chi connectivity index (χ1v) is 5.32. The monoisotopic (exact) mass is 201 g/mol. The summed E-state index contributed by atoms with van der Waals surface area (Å²) in [5.74, 6) is -0.125. The number of carbonyl (C=O) groups excluding carboxylic acids is 1. The molecule has 0 aromatic rings. The Balaban J connectivity index is 3.77. The van der Waals surface area contributed by atoms with Gasteiger partial charge in [-0.25, -0.2) is 0 Å². The first kappa shape index (κ1) is 13.4. The fourth-order valence-electron chi connectivity index (χ4n) is 1.09. The van der Waals surface area contributed by atoms with Crippen LogP contribution in [0.25, 0.3) is 0 Å². The van der Waals surface area contributed by atoms with Crippen molar-refractivity contribution in [3.63, 3.8) is 0 Å². The van der Waals surface area contributed by atoms with Crippen LogP contribution in [0.5, 0.6) is 0 Å². The van der Waals surface area contributed by atoms with Gasteiger partial charge in [0.15, 0.2) is 0 Å². The number of nitrogens with one attached hydrogen (secondary N) is 1. The molecule has 0 spiro atoms. The molecule has 0 radical (unpaired) electrons. The van der Waals surface area contributed by atoms with E-state index in [1.54, 1.807) is 0 Å². The van der Waals surface area contributed by atoms with Crippen LogP contribution in [0.2, 0.25) is 0 Å². The average molecular weight is 201 g/mol. The molecule has 0 aliphatic carbocycles. The van der Waals surface area contributed by atoms with Gasteiger partial charge in [0, 0.05) is 12.5 Å². The zero-order valence-electron chi connectivity index (χ0n) is 10.0. The molecule has 0 amide bonds. The molecule has 0 rings (SSSR count). The summed E-state index contributed by atoms with van der Waals surface area (Å²) < 4.78 is 5.29. The molecule has 0 fully saturated rings. The highest BCUT2D eigenvalue weighted by atomic mass is 16.6. The maximum Gasteiger partial charge on any atom is 0.306 e. The molecule has 0 saturated heterocycles. The van der Waals surface area contributed by atoms with Gasteiger partial charge in [0.05, 0.1) is 0 Å². The minimum atomic E-state index is -0.352. The molecule has 84 valence electrons. The van der Waals surface area contributed by atoms with Crippen molar-refractivity contribution in [2.45, 2.75) is 59.1 Å². The molecular weight excluding hydrogens is 178 g/mol. The van der Waals surface area contributed by atoms with Crippen molar-refractivity contribution in [3.05, 3.63) is 0 Å². The molecule has 3 heteroatoms. The number of hydrogen-bond donors (Lipinski definition) is 1. The summed E-state index contributed by atoms with van der Waals surface area (Å²) in [5.41, 5.74) is -0.352. The van der Waals surface area contributed by atoms with E-state index in [1.165, 1.54) is 0 Å². The quantitative estimate of drug-likeness (QED) is 0.669. The average Bonchev–Trinajstić information content (AvgIpc) is 2.02. The first-order chi connectivity index (χ1) is 6.37. The van der Waals surface area contributed by atoms with Crippen molar-refractivity contribution in [3.8, 4) is 0 Å². The van der Waals surface area contributed by atoms with E-state index in [-0.39, 0.29) is 11.6 Å². The number of carbonyl (C=O) groups is 1. The second-order valence-corrected chi connectivity index (χ2v) is 4.45. The van der Waals surface area contributed by atoms with Crippen molar-refractivity contribution in [2.24, 2.45) is 0 Å². The summed E-state index contributed by atoms with van der Waals surface area (Å²) in [6.45, 7) is 10.8. The second kappa shape index (κ2) is 6.02. The highest BCUT2D eigenvalue weighted by Gasteiger charge is 2.21. The number of rotatable bonds is 6. The van der Waals surface area contributed by atoms with Gasteiger partial charge in [-0.05, 0) is 26.8 Å². The summed E-state index contributed by atoms with van der Waals surface area (Å²) in [7, 11) is 0. The molecule has 0 bridgehead atoms. The predicted molar refractivity (Wildman–Crippen MR) is 58.2 cm³/mol. The summed E-state index contributed by atoms with van der Waals surface area (Å²) >= 11 is 0. The van der Waals surface area contributed by atoms with Crippen LogP contribution < -0.4 is 5.32 Å². The third-order valence-electron chi connectivity index (χ3n) is 1.96. The van der Waals surface area contributed by atoms with Gasteiger partial charge in [-0.2, -0.15) is 0 Å². The summed E-state index contributed by atoms with van der Waals surface area (Å²) in [4.78, 5) is 11.1. The van der Waals surface area contributed by atoms with Gasteiger partial charge >= 0.3 is 5.97 Å². The third-order valence-corrected chi connectivity index (χ3v) is 1.96. The topological polar surface area (TPSA) is 38.3 Å². The molecule has 0 unspecified atom stereocenters. The van der Waals surface area contributed by atoms with Crippen molar-refractivity contribution in [1.82, 2.24) is 5.32 Å². The van der Waals surface area contributed by atoms with Gasteiger partial charge in [0.25, 0.3) is 0 Å². The van der Waals surface area contributed by atoms with E-state index in [2.05, 4.69) is 19.2 Å². The maximum atomic E-state index is 11.1. The van der Waals surface area contributed by atoms with Crippen LogP contribution in [0.15, 0.2) is 0 Å². The largest absolute Gasteiger partial charge is 0.460 e. The lowest BCUT2D eigenvalue weighted by Crippen LogP contribution is -2.34. The molecule has 0 aromatic carbocycles. The van der Waals surface area contributed by atoms with E-state index in [0.29, 0.717) is 12.5 Å². The van der Waals surface area contributed by atoms with Crippen LogP contribution in [0.1, 0.15) is 47.5 Å². The Labute approximate surface area is 87.2 Å². The van der Waals surface area contributed by atoms with Crippen LogP contribution in [0, 0.1) is 0 Å². The van der Waals surface area contributed by atoms with E-state index in [0.717, 1.165) is 13.0 Å². The molecule has 14 heavy (non-hydrogen) atoms. The Morgan fingerprint density at radius 2 is 2.00 bits per heavy atom. The first-order valence-electron chi connectivity index (χ1n) is 5.32. The van der Waals surface area contributed by atoms with Gasteiger partial charge in [-0.1, -0.05) is 20.8 Å². The Hall–Kier alpha value is -0.570. The van der Waals surface area contributed by atoms with Crippen molar-refractivity contribution in [1.29, 1.82) is 0 Å². The van der Waals surface area contributed by atoms with Crippen LogP contribution in [0.3, 0.4) is 0 Å². The summed E-state index contributed by atoms with van der Waals surface area (Å²) in [6, 6.07) is 0.479. The third kappa shape index (κ3) is 6.89. The van der Waals surface area contributed by atoms with Gasteiger partial charge in [-0.3, -0.25) is 4.79 Å². The highest BCUT2D eigenvalue weighted by molar-refractivity contribution is 5.69. The SMILES string of the molecule is CCC(=O)OC(C)(C)CCNC(C)C. The highest BCUT2D eigenvalue weighted by Crippen LogP contribution is 2.14. The fourth-order valence-corrected chi connectivity index (χ4v) is 1.09. The molecule has 1 N–H and O–H groups in total. The lowest BCUT2D eigenvalue weighted by Gasteiger charge is -2.25. The van der Waals surface area contributed by atoms with Crippen LogP contribution in [-0.2, 0) is 9.53 Å². The molecule has 3 nitrogen and oxygen atoms in total. The smallest absolute Gasteiger partial charge is 0.306 e. The predicted octanol–water partition coefficient (Wildman–Crippen LogP) is 2.11.